The van der Waals surface area contributed by atoms with E-state index in [0.717, 1.165) is 13.0 Å². The number of carbonyl (C=O) groups is 3. The second kappa shape index (κ2) is 7.17. The topological polar surface area (TPSA) is 86.7 Å². The van der Waals surface area contributed by atoms with Gasteiger partial charge in [-0.25, -0.2) is 0 Å². The molecule has 0 radical (unpaired) electrons. The van der Waals surface area contributed by atoms with E-state index in [1.54, 1.807) is 24.3 Å². The number of aliphatic carboxylic acids is 1. The number of Topliss-reactive ketones (excluding diaryl/α,β-unsaturated/α-hetero) is 1. The van der Waals surface area contributed by atoms with Crippen molar-refractivity contribution in [1.82, 2.24) is 4.90 Å². The molecule has 118 valence electrons. The Morgan fingerprint density at radius 3 is 2.55 bits per heavy atom. The van der Waals surface area contributed by atoms with Gasteiger partial charge in [0.25, 0.3) is 0 Å². The highest BCUT2D eigenvalue weighted by Gasteiger charge is 2.26. The van der Waals surface area contributed by atoms with Crippen LogP contribution >= 0.6 is 0 Å². The molecule has 0 aliphatic carbocycles. The first kappa shape index (κ1) is 16.2. The number of likely N-dealkylation sites (tertiary alicyclic amines) is 1. The van der Waals surface area contributed by atoms with Crippen molar-refractivity contribution in [1.29, 1.82) is 0 Å². The van der Waals surface area contributed by atoms with Gasteiger partial charge >= 0.3 is 5.97 Å². The van der Waals surface area contributed by atoms with Crippen LogP contribution in [-0.4, -0.2) is 47.3 Å². The van der Waals surface area contributed by atoms with E-state index in [4.69, 9.17) is 5.11 Å². The lowest BCUT2D eigenvalue weighted by atomic mass is 9.98. The molecule has 6 heteroatoms. The summed E-state index contributed by atoms with van der Waals surface area (Å²) in [5, 5.41) is 11.8. The molecular formula is C16H20N2O4. The third-order valence-corrected chi connectivity index (χ3v) is 3.80. The van der Waals surface area contributed by atoms with Crippen LogP contribution < -0.4 is 5.32 Å². The molecule has 0 spiro atoms. The first-order valence-corrected chi connectivity index (χ1v) is 7.31. The molecule has 1 atom stereocenters. The fourth-order valence-electron chi connectivity index (χ4n) is 2.59. The minimum atomic E-state index is -0.801. The van der Waals surface area contributed by atoms with Crippen LogP contribution in [-0.2, 0) is 9.59 Å². The lowest BCUT2D eigenvalue weighted by Gasteiger charge is -2.29. The second-order valence-corrected chi connectivity index (χ2v) is 5.59. The Morgan fingerprint density at radius 2 is 1.95 bits per heavy atom. The molecule has 22 heavy (non-hydrogen) atoms. The molecule has 1 unspecified atom stereocenters. The minimum Gasteiger partial charge on any atom is -0.481 e. The quantitative estimate of drug-likeness (QED) is 0.807. The molecule has 0 aromatic heterocycles. The number of carboxylic acid groups (broad SMARTS) is 1. The van der Waals surface area contributed by atoms with E-state index < -0.39 is 11.9 Å². The van der Waals surface area contributed by atoms with E-state index >= 15 is 0 Å². The Bertz CT molecular complexity index is 568. The number of nitrogens with zero attached hydrogens (tertiary/aromatic N) is 1. The minimum absolute atomic E-state index is 0.0223. The fraction of sp³-hybridized carbons (Fsp3) is 0.438. The Kier molecular flexibility index (Phi) is 5.27. The third kappa shape index (κ3) is 4.39. The van der Waals surface area contributed by atoms with Gasteiger partial charge in [-0.05, 0) is 50.6 Å². The number of anilines is 1. The van der Waals surface area contributed by atoms with Gasteiger partial charge in [0.2, 0.25) is 5.91 Å². The van der Waals surface area contributed by atoms with Crippen LogP contribution in [0.2, 0.25) is 0 Å². The SMILES string of the molecule is CC(=O)c1ccc(NC(=O)CN2CCCC(C(=O)O)C2)cc1. The van der Waals surface area contributed by atoms with Gasteiger partial charge in [0.15, 0.2) is 5.78 Å². The van der Waals surface area contributed by atoms with E-state index in [2.05, 4.69) is 5.32 Å². The van der Waals surface area contributed by atoms with E-state index in [-0.39, 0.29) is 18.2 Å². The molecule has 6 nitrogen and oxygen atoms in total. The zero-order chi connectivity index (χ0) is 16.1. The van der Waals surface area contributed by atoms with Gasteiger partial charge in [-0.1, -0.05) is 0 Å². The Morgan fingerprint density at radius 1 is 1.27 bits per heavy atom. The molecule has 0 bridgehead atoms. The van der Waals surface area contributed by atoms with Gasteiger partial charge in [0.1, 0.15) is 0 Å². The summed E-state index contributed by atoms with van der Waals surface area (Å²) in [6.07, 6.45) is 1.46. The number of rotatable bonds is 5. The van der Waals surface area contributed by atoms with Crippen molar-refractivity contribution in [2.24, 2.45) is 5.92 Å². The van der Waals surface area contributed by atoms with Crippen LogP contribution in [0.4, 0.5) is 5.69 Å². The molecule has 1 aliphatic rings. The second-order valence-electron chi connectivity index (χ2n) is 5.59. The monoisotopic (exact) mass is 304 g/mol. The highest BCUT2D eigenvalue weighted by Crippen LogP contribution is 2.16. The Hall–Kier alpha value is -2.21. The zero-order valence-corrected chi connectivity index (χ0v) is 12.5. The lowest BCUT2D eigenvalue weighted by molar-refractivity contribution is -0.144. The van der Waals surface area contributed by atoms with Crippen molar-refractivity contribution in [3.8, 4) is 0 Å². The van der Waals surface area contributed by atoms with Crippen molar-refractivity contribution in [2.45, 2.75) is 19.8 Å². The van der Waals surface area contributed by atoms with Crippen LogP contribution in [0.15, 0.2) is 24.3 Å². The third-order valence-electron chi connectivity index (χ3n) is 3.80. The maximum atomic E-state index is 12.0. The molecule has 1 fully saturated rings. The van der Waals surface area contributed by atoms with Gasteiger partial charge in [-0.2, -0.15) is 0 Å². The van der Waals surface area contributed by atoms with Crippen LogP contribution in [0, 0.1) is 5.92 Å². The smallest absolute Gasteiger partial charge is 0.307 e. The Labute approximate surface area is 129 Å². The predicted molar refractivity (Wildman–Crippen MR) is 81.9 cm³/mol. The number of hydrogen-bond donors (Lipinski definition) is 2. The average molecular weight is 304 g/mol. The normalized spacial score (nSPS) is 18.7. The zero-order valence-electron chi connectivity index (χ0n) is 12.5. The number of hydrogen-bond acceptors (Lipinski definition) is 4. The van der Waals surface area contributed by atoms with E-state index in [9.17, 15) is 14.4 Å². The van der Waals surface area contributed by atoms with Gasteiger partial charge in [-0.15, -0.1) is 0 Å². The first-order valence-electron chi connectivity index (χ1n) is 7.31. The van der Waals surface area contributed by atoms with E-state index in [1.807, 2.05) is 4.90 Å². The molecule has 1 amide bonds. The van der Waals surface area contributed by atoms with Crippen molar-refractivity contribution < 1.29 is 19.5 Å². The highest BCUT2D eigenvalue weighted by molar-refractivity contribution is 5.96. The number of ketones is 1. The van der Waals surface area contributed by atoms with Crippen molar-refractivity contribution in [2.75, 3.05) is 25.0 Å². The molecule has 1 heterocycles. The summed E-state index contributed by atoms with van der Waals surface area (Å²) < 4.78 is 0. The van der Waals surface area contributed by atoms with E-state index in [0.29, 0.717) is 24.2 Å². The summed E-state index contributed by atoms with van der Waals surface area (Å²) in [4.78, 5) is 36.1. The molecule has 0 saturated carbocycles. The fourth-order valence-corrected chi connectivity index (χ4v) is 2.59. The van der Waals surface area contributed by atoms with Gasteiger partial charge in [0, 0.05) is 17.8 Å². The molecule has 2 N–H and O–H groups in total. The van der Waals surface area contributed by atoms with Crippen molar-refractivity contribution in [3.63, 3.8) is 0 Å². The van der Waals surface area contributed by atoms with Gasteiger partial charge in [-0.3, -0.25) is 19.3 Å². The predicted octanol–water partition coefficient (Wildman–Crippen LogP) is 1.62. The van der Waals surface area contributed by atoms with Crippen LogP contribution in [0.3, 0.4) is 0 Å². The number of carboxylic acids is 1. The summed E-state index contributed by atoms with van der Waals surface area (Å²) in [5.74, 6) is -1.39. The van der Waals surface area contributed by atoms with Crippen LogP contribution in [0.1, 0.15) is 30.1 Å². The van der Waals surface area contributed by atoms with E-state index in [1.165, 1.54) is 6.92 Å². The van der Waals surface area contributed by atoms with Crippen molar-refractivity contribution in [3.05, 3.63) is 29.8 Å². The number of amides is 1. The van der Waals surface area contributed by atoms with Gasteiger partial charge < -0.3 is 10.4 Å². The molecular weight excluding hydrogens is 284 g/mol. The highest BCUT2D eigenvalue weighted by atomic mass is 16.4. The molecule has 2 rings (SSSR count). The molecule has 1 saturated heterocycles. The number of benzene rings is 1. The summed E-state index contributed by atoms with van der Waals surface area (Å²) in [5.41, 5.74) is 1.22. The first-order chi connectivity index (χ1) is 10.5. The summed E-state index contributed by atoms with van der Waals surface area (Å²) >= 11 is 0. The molecule has 1 aromatic rings. The lowest BCUT2D eigenvalue weighted by Crippen LogP contribution is -2.42. The van der Waals surface area contributed by atoms with Crippen molar-refractivity contribution >= 4 is 23.3 Å². The average Bonchev–Trinajstić information content (AvgIpc) is 2.47. The van der Waals surface area contributed by atoms with Gasteiger partial charge in [0.05, 0.1) is 12.5 Å². The largest absolute Gasteiger partial charge is 0.481 e. The maximum absolute atomic E-state index is 12.0. The number of piperidine rings is 1. The number of carbonyl (C=O) groups excluding carboxylic acids is 2. The molecule has 1 aromatic carbocycles. The Balaban J connectivity index is 1.87. The summed E-state index contributed by atoms with van der Waals surface area (Å²) in [6, 6.07) is 6.70. The number of nitrogens with one attached hydrogen (secondary N) is 1. The summed E-state index contributed by atoms with van der Waals surface area (Å²) in [6.45, 7) is 2.81. The maximum Gasteiger partial charge on any atom is 0.307 e. The standard InChI is InChI=1S/C16H20N2O4/c1-11(19)12-4-6-14(7-5-12)17-15(20)10-18-8-2-3-13(9-18)16(21)22/h4-7,13H,2-3,8-10H2,1H3,(H,17,20)(H,21,22). The molecule has 1 aliphatic heterocycles. The van der Waals surface area contributed by atoms with Crippen LogP contribution in [0.25, 0.3) is 0 Å². The summed E-state index contributed by atoms with van der Waals surface area (Å²) in [7, 11) is 0. The van der Waals surface area contributed by atoms with Crippen LogP contribution in [0.5, 0.6) is 0 Å².